The summed E-state index contributed by atoms with van der Waals surface area (Å²) < 4.78 is 0. The Kier molecular flexibility index (Phi) is 84.7. The van der Waals surface area contributed by atoms with E-state index < -0.39 is 0 Å². The van der Waals surface area contributed by atoms with E-state index in [2.05, 4.69) is 14.5 Å². The molecule has 0 unspecified atom stereocenters. The number of nitrogens with zero attached hydrogens (tertiary/aromatic N) is 6. The highest BCUT2D eigenvalue weighted by molar-refractivity contribution is 6.28. The van der Waals surface area contributed by atoms with Gasteiger partial charge in [0.05, 0.1) is 18.2 Å². The molecule has 0 saturated heterocycles. The molecule has 0 radical (unpaired) electrons. The monoisotopic (exact) mass is 1030 g/mol. The Morgan fingerprint density at radius 1 is 0.453 bits per heavy atom. The quantitative estimate of drug-likeness (QED) is 0.0927. The van der Waals surface area contributed by atoms with Crippen molar-refractivity contribution >= 4 is 46.6 Å². The minimum atomic E-state index is -0.124. The standard InChI is InChI=1S/2C14H8N2O.C12H6N2O.2C2H4O.6C2H6.8CH4/c1-3-9-13(12(8-15)16-2)10-6-4-5-7-11(10)14(9)17;1-2-10-13(9(7-15)8-16)11-5-3-4-6-12(11)14(10)17;1-13-12(14-2)10-7-11(15)9-6-4-3-5-8(9)10;2*1-2-3;6*1-2;;;;;;;;/h3-7H,1H3;2-6H,1H3;3-6H,7H2;2*2H,1H3;6*1-2H3;8*1H4/b9-3+,13-12+;10-2+;;;;;;;;;;;;;;;;;. The number of benzene rings is 3. The number of Topliss-reactive ketones (excluding diaryl/α,β-unsaturated/α-hetero) is 3. The summed E-state index contributed by atoms with van der Waals surface area (Å²) in [7, 11) is 0. The van der Waals surface area contributed by atoms with E-state index in [0.717, 1.165) is 18.1 Å². The van der Waals surface area contributed by atoms with Crippen LogP contribution in [0.1, 0.15) is 224 Å². The van der Waals surface area contributed by atoms with Crippen LogP contribution in [0.3, 0.4) is 0 Å². The highest BCUT2D eigenvalue weighted by Gasteiger charge is 2.33. The zero-order valence-corrected chi connectivity index (χ0v) is 42.2. The van der Waals surface area contributed by atoms with E-state index in [1.165, 1.54) is 13.8 Å². The maximum atomic E-state index is 12.1. The van der Waals surface area contributed by atoms with Crippen LogP contribution in [0.4, 0.5) is 0 Å². The van der Waals surface area contributed by atoms with Crippen LogP contribution in [-0.2, 0) is 9.59 Å². The van der Waals surface area contributed by atoms with Crippen molar-refractivity contribution in [3.63, 3.8) is 0 Å². The van der Waals surface area contributed by atoms with Crippen LogP contribution in [0.5, 0.6) is 0 Å². The van der Waals surface area contributed by atoms with Gasteiger partial charge in [-0.3, -0.25) is 14.4 Å². The molecule has 11 nitrogen and oxygen atoms in total. The van der Waals surface area contributed by atoms with Crippen LogP contribution in [0, 0.1) is 53.7 Å². The van der Waals surface area contributed by atoms with E-state index in [1.54, 1.807) is 92.7 Å². The van der Waals surface area contributed by atoms with Crippen molar-refractivity contribution in [1.29, 1.82) is 15.8 Å². The number of ketones is 3. The van der Waals surface area contributed by atoms with Gasteiger partial charge in [-0.2, -0.15) is 20.2 Å². The molecule has 75 heavy (non-hydrogen) atoms. The molecule has 0 spiro atoms. The average Bonchev–Trinajstić information content (AvgIpc) is 3.99. The lowest BCUT2D eigenvalue weighted by Gasteiger charge is -2.00. The van der Waals surface area contributed by atoms with Gasteiger partial charge in [-0.05, 0) is 44.4 Å². The van der Waals surface area contributed by atoms with Crippen molar-refractivity contribution < 1.29 is 24.0 Å². The second-order valence-corrected chi connectivity index (χ2v) is 10.7. The zero-order valence-electron chi connectivity index (χ0n) is 42.2. The summed E-state index contributed by atoms with van der Waals surface area (Å²) in [5.41, 5.74) is 6.15. The number of hydrogen-bond donors (Lipinski definition) is 0. The Hall–Kier alpha value is -8.35. The summed E-state index contributed by atoms with van der Waals surface area (Å²) in [5.74, 6) is -0.241. The van der Waals surface area contributed by atoms with Gasteiger partial charge in [0.15, 0.2) is 17.3 Å². The number of carbonyl (C=O) groups excluding carboxylic acids is 5. The van der Waals surface area contributed by atoms with Gasteiger partial charge >= 0.3 is 5.82 Å². The summed E-state index contributed by atoms with van der Waals surface area (Å²) in [5, 5.41) is 26.8. The predicted molar refractivity (Wildman–Crippen MR) is 327 cm³/mol. The number of fused-ring (bicyclic) bond motifs is 3. The topological polar surface area (TPSA) is 170 Å². The van der Waals surface area contributed by atoms with Gasteiger partial charge < -0.3 is 9.59 Å². The maximum absolute atomic E-state index is 12.1. The summed E-state index contributed by atoms with van der Waals surface area (Å²) in [6.07, 6.45) is 4.98. The molecule has 414 valence electrons. The first-order valence-corrected chi connectivity index (χ1v) is 22.2. The van der Waals surface area contributed by atoms with Crippen LogP contribution in [0.25, 0.3) is 31.3 Å². The highest BCUT2D eigenvalue weighted by Crippen LogP contribution is 2.40. The van der Waals surface area contributed by atoms with E-state index in [0.29, 0.717) is 55.7 Å². The Labute approximate surface area is 460 Å². The normalized spacial score (nSPS) is 11.1. The molecule has 0 aromatic heterocycles. The average molecular weight is 1030 g/mol. The Morgan fingerprint density at radius 3 is 1.01 bits per heavy atom. The Bertz CT molecular complexity index is 2340. The van der Waals surface area contributed by atoms with Crippen LogP contribution in [-0.4, -0.2) is 29.9 Å². The van der Waals surface area contributed by atoms with Crippen LogP contribution < -0.4 is 0 Å². The molecule has 11 heteroatoms. The fraction of sp³-hybridized carbons (Fsp3) is 0.391. The van der Waals surface area contributed by atoms with Crippen molar-refractivity contribution in [2.75, 3.05) is 0 Å². The number of hydrogen-bond acceptors (Lipinski definition) is 8. The largest absolute Gasteiger partial charge is 0.523 e. The van der Waals surface area contributed by atoms with Gasteiger partial charge in [-0.25, -0.2) is 10.1 Å². The van der Waals surface area contributed by atoms with Gasteiger partial charge in [0.25, 0.3) is 5.70 Å². The number of carbonyl (C=O) groups is 5. The molecule has 0 N–H and O–H groups in total. The zero-order chi connectivity index (χ0) is 53.1. The number of allylic oxidation sites excluding steroid dienone is 9. The molecule has 3 aromatic carbocycles. The third-order valence-electron chi connectivity index (χ3n) is 7.79. The van der Waals surface area contributed by atoms with E-state index in [4.69, 9.17) is 45.1 Å². The van der Waals surface area contributed by atoms with Gasteiger partial charge in [-0.15, -0.1) is 0 Å². The molecule has 3 aromatic rings. The lowest BCUT2D eigenvalue weighted by atomic mass is 10.00. The molecule has 0 fully saturated rings. The molecule has 3 aliphatic rings. The highest BCUT2D eigenvalue weighted by atomic mass is 16.1. The summed E-state index contributed by atoms with van der Waals surface area (Å²) >= 11 is 0. The number of aldehydes is 2. The second-order valence-electron chi connectivity index (χ2n) is 10.7. The summed E-state index contributed by atoms with van der Waals surface area (Å²) in [6, 6.07) is 26.7. The molecule has 0 saturated carbocycles. The smallest absolute Gasteiger partial charge is 0.304 e. The molecule has 0 bridgehead atoms. The summed E-state index contributed by atoms with van der Waals surface area (Å²) in [4.78, 5) is 62.8. The van der Waals surface area contributed by atoms with Crippen LogP contribution >= 0.6 is 0 Å². The van der Waals surface area contributed by atoms with E-state index >= 15 is 0 Å². The molecular formula is C64H98N6O5. The minimum absolute atomic E-state index is 0. The van der Waals surface area contributed by atoms with Crippen LogP contribution in [0.15, 0.2) is 113 Å². The van der Waals surface area contributed by atoms with Crippen molar-refractivity contribution in [1.82, 2.24) is 0 Å². The fourth-order valence-electron chi connectivity index (χ4n) is 5.65. The second kappa shape index (κ2) is 63.7. The SMILES string of the molecule is C.C.C.C.C.C.C.C.C/C=C1/C(=O)c2ccccc2C1=C(C#N)C#N.CC.CC.CC.CC.CC.CC.CC=O.CC=O.[C-]#[N+]/C(C#N)=C1\C(=C/C)C(=O)c2ccccc21.[C-]#[N+]C([N+]#[C-])=C1CC(=O)c2ccccc21. The number of nitriles is 3. The van der Waals surface area contributed by atoms with Crippen LogP contribution in [0.2, 0.25) is 0 Å². The lowest BCUT2D eigenvalue weighted by Crippen LogP contribution is -1.94. The van der Waals surface area contributed by atoms with E-state index in [1.807, 2.05) is 107 Å². The summed E-state index contributed by atoms with van der Waals surface area (Å²) in [6.45, 7) is 51.1. The Balaban J connectivity index is -0.0000000578. The molecule has 0 amide bonds. The molecule has 3 aliphatic carbocycles. The first-order chi connectivity index (χ1) is 32.6. The lowest BCUT2D eigenvalue weighted by molar-refractivity contribution is -0.106. The maximum Gasteiger partial charge on any atom is 0.523 e. The van der Waals surface area contributed by atoms with Crippen molar-refractivity contribution in [3.05, 3.63) is 181 Å². The first-order valence-electron chi connectivity index (χ1n) is 22.2. The Morgan fingerprint density at radius 2 is 0.733 bits per heavy atom. The van der Waals surface area contributed by atoms with Gasteiger partial charge in [0.2, 0.25) is 0 Å². The van der Waals surface area contributed by atoms with Crippen molar-refractivity contribution in [2.45, 2.75) is 177 Å². The minimum Gasteiger partial charge on any atom is -0.304 e. The third-order valence-corrected chi connectivity index (χ3v) is 7.79. The van der Waals surface area contributed by atoms with Gasteiger partial charge in [0.1, 0.15) is 43.4 Å². The van der Waals surface area contributed by atoms with Gasteiger partial charge in [-0.1, -0.05) is 227 Å². The molecule has 0 aliphatic heterocycles. The molecule has 6 rings (SSSR count). The van der Waals surface area contributed by atoms with E-state index in [-0.39, 0.29) is 100 Å². The molecule has 0 atom stereocenters. The third kappa shape index (κ3) is 28.5. The molecular weight excluding hydrogens is 933 g/mol. The van der Waals surface area contributed by atoms with Crippen molar-refractivity contribution in [3.8, 4) is 18.2 Å². The predicted octanol–water partition coefficient (Wildman–Crippen LogP) is 20.0. The first kappa shape index (κ1) is 99.8. The fourth-order valence-corrected chi connectivity index (χ4v) is 5.65. The van der Waals surface area contributed by atoms with Crippen molar-refractivity contribution in [2.24, 2.45) is 0 Å². The van der Waals surface area contributed by atoms with E-state index in [9.17, 15) is 14.4 Å². The molecule has 0 heterocycles. The van der Waals surface area contributed by atoms with Gasteiger partial charge in [0, 0.05) is 45.4 Å². The number of rotatable bonds is 0.